The first-order chi connectivity index (χ1) is 17.0. The molecule has 0 spiro atoms. The zero-order valence-corrected chi connectivity index (χ0v) is 22.0. The average Bonchev–Trinajstić information content (AvgIpc) is 2.88. The number of rotatable bonds is 13. The lowest BCUT2D eigenvalue weighted by molar-refractivity contribution is -0.130. The van der Waals surface area contributed by atoms with Gasteiger partial charge >= 0.3 is 0 Å². The first kappa shape index (κ1) is 27.1. The fourth-order valence-corrected chi connectivity index (χ4v) is 5.00. The Labute approximate surface area is 211 Å². The van der Waals surface area contributed by atoms with E-state index in [1.807, 2.05) is 6.07 Å². The summed E-state index contributed by atoms with van der Waals surface area (Å²) < 4.78 is 0. The lowest BCUT2D eigenvalue weighted by Crippen LogP contribution is -2.47. The van der Waals surface area contributed by atoms with Crippen LogP contribution in [0.2, 0.25) is 0 Å². The Morgan fingerprint density at radius 3 is 1.83 bits per heavy atom. The van der Waals surface area contributed by atoms with Crippen molar-refractivity contribution in [1.29, 1.82) is 0 Å². The lowest BCUT2D eigenvalue weighted by Gasteiger charge is -2.36. The number of Topliss-reactive ketones (excluding diaryl/α,β-unsaturated/α-hetero) is 2. The van der Waals surface area contributed by atoms with Gasteiger partial charge in [0.05, 0.1) is 6.54 Å². The molecule has 0 saturated carbocycles. The molecule has 3 rings (SSSR count). The van der Waals surface area contributed by atoms with Crippen LogP contribution in [-0.4, -0.2) is 71.4 Å². The van der Waals surface area contributed by atoms with E-state index in [0.717, 1.165) is 64.5 Å². The van der Waals surface area contributed by atoms with Gasteiger partial charge in [0.2, 0.25) is 17.5 Å². The molecule has 6 heteroatoms. The molecule has 0 radical (unpaired) electrons. The molecule has 1 aromatic rings. The fourth-order valence-electron chi connectivity index (χ4n) is 5.00. The summed E-state index contributed by atoms with van der Waals surface area (Å²) in [7, 11) is 0. The second-order valence-corrected chi connectivity index (χ2v) is 9.83. The third-order valence-corrected chi connectivity index (χ3v) is 7.06. The third kappa shape index (κ3) is 6.60. The van der Waals surface area contributed by atoms with Crippen LogP contribution >= 0.6 is 0 Å². The summed E-state index contributed by atoms with van der Waals surface area (Å²) >= 11 is 0. The highest BCUT2D eigenvalue weighted by molar-refractivity contribution is 6.27. The summed E-state index contributed by atoms with van der Waals surface area (Å²) in [6.07, 6.45) is 8.95. The number of benzene rings is 1. The van der Waals surface area contributed by atoms with Crippen molar-refractivity contribution < 1.29 is 14.4 Å². The molecule has 1 aliphatic heterocycles. The predicted octanol–water partition coefficient (Wildman–Crippen LogP) is 5.29. The number of piperidine rings is 1. The predicted molar refractivity (Wildman–Crippen MR) is 140 cm³/mol. The number of amides is 1. The molecule has 2 aliphatic rings. The van der Waals surface area contributed by atoms with Gasteiger partial charge in [0.1, 0.15) is 11.4 Å². The molecule has 192 valence electrons. The molecule has 0 N–H and O–H groups in total. The highest BCUT2D eigenvalue weighted by Crippen LogP contribution is 2.31. The van der Waals surface area contributed by atoms with E-state index in [-0.39, 0.29) is 17.5 Å². The second kappa shape index (κ2) is 13.6. The van der Waals surface area contributed by atoms with Crippen molar-refractivity contribution in [2.24, 2.45) is 0 Å². The van der Waals surface area contributed by atoms with Crippen LogP contribution < -0.4 is 0 Å². The maximum Gasteiger partial charge on any atom is 0.241 e. The molecule has 1 amide bonds. The van der Waals surface area contributed by atoms with Crippen molar-refractivity contribution in [2.45, 2.75) is 78.6 Å². The van der Waals surface area contributed by atoms with Crippen molar-refractivity contribution in [3.8, 4) is 0 Å². The second-order valence-electron chi connectivity index (χ2n) is 9.83. The number of nitrogens with zero attached hydrogens (tertiary/aromatic N) is 3. The van der Waals surface area contributed by atoms with Gasteiger partial charge in [-0.05, 0) is 45.2 Å². The van der Waals surface area contributed by atoms with Crippen LogP contribution in [0.1, 0.15) is 99.3 Å². The summed E-state index contributed by atoms with van der Waals surface area (Å²) in [5, 5.41) is 0. The summed E-state index contributed by atoms with van der Waals surface area (Å²) in [5.41, 5.74) is 1.60. The zero-order chi connectivity index (χ0) is 25.2. The Bertz CT molecular complexity index is 910. The summed E-state index contributed by atoms with van der Waals surface area (Å²) in [5.74, 6) is -0.398. The molecule has 0 unspecified atom stereocenters. The minimum absolute atomic E-state index is 0.0701. The number of unbranched alkanes of at least 4 members (excludes halogenated alkanes) is 3. The zero-order valence-electron chi connectivity index (χ0n) is 22.0. The van der Waals surface area contributed by atoms with E-state index in [1.54, 1.807) is 23.1 Å². The fraction of sp³-hybridized carbons (Fsp3) is 0.621. The van der Waals surface area contributed by atoms with Crippen molar-refractivity contribution in [3.05, 3.63) is 46.8 Å². The largest absolute Gasteiger partial charge is 0.367 e. The van der Waals surface area contributed by atoms with E-state index in [9.17, 15) is 14.4 Å². The molecule has 1 aromatic carbocycles. The van der Waals surface area contributed by atoms with Crippen molar-refractivity contribution in [1.82, 2.24) is 14.7 Å². The Morgan fingerprint density at radius 2 is 1.29 bits per heavy atom. The first-order valence-corrected chi connectivity index (χ1v) is 13.7. The molecule has 35 heavy (non-hydrogen) atoms. The van der Waals surface area contributed by atoms with Gasteiger partial charge in [0.25, 0.3) is 0 Å². The molecule has 0 bridgehead atoms. The standard InChI is InChI=1S/C29H43N3O3/c1-4-7-19-31(20-8-5-2)26-27(29(35)24-16-12-11-15-23(24)28(26)34)32(21-9-6-3)25(33)22-30-17-13-10-14-18-30/h11-12,15-16H,4-10,13-14,17-22H2,1-3H3. The molecule has 0 aromatic heterocycles. The van der Waals surface area contributed by atoms with Gasteiger partial charge < -0.3 is 9.80 Å². The number of carbonyl (C=O) groups excluding carboxylic acids is 3. The minimum Gasteiger partial charge on any atom is -0.367 e. The monoisotopic (exact) mass is 481 g/mol. The SMILES string of the molecule is CCCCN(CCCC)C1=C(N(CCCC)C(=O)CN2CCCCC2)C(=O)c2ccccc2C1=O. The minimum atomic E-state index is -0.198. The van der Waals surface area contributed by atoms with E-state index < -0.39 is 0 Å². The molecule has 1 aliphatic carbocycles. The van der Waals surface area contributed by atoms with E-state index in [2.05, 4.69) is 30.6 Å². The van der Waals surface area contributed by atoms with Gasteiger partial charge in [-0.25, -0.2) is 0 Å². The third-order valence-electron chi connectivity index (χ3n) is 7.06. The summed E-state index contributed by atoms with van der Waals surface area (Å²) in [4.78, 5) is 47.6. The molecule has 1 heterocycles. The molecule has 0 atom stereocenters. The molecular weight excluding hydrogens is 438 g/mol. The van der Waals surface area contributed by atoms with Crippen LogP contribution in [0.15, 0.2) is 35.7 Å². The smallest absolute Gasteiger partial charge is 0.241 e. The van der Waals surface area contributed by atoms with E-state index >= 15 is 0 Å². The maximum absolute atomic E-state index is 14.0. The van der Waals surface area contributed by atoms with Crippen molar-refractivity contribution in [3.63, 3.8) is 0 Å². The van der Waals surface area contributed by atoms with Gasteiger partial charge in [-0.3, -0.25) is 19.3 Å². The number of hydrogen-bond donors (Lipinski definition) is 0. The van der Waals surface area contributed by atoms with Gasteiger partial charge in [0, 0.05) is 30.8 Å². The highest BCUT2D eigenvalue weighted by atomic mass is 16.2. The van der Waals surface area contributed by atoms with Crippen LogP contribution in [-0.2, 0) is 4.79 Å². The number of allylic oxidation sites excluding steroid dienone is 2. The lowest BCUT2D eigenvalue weighted by atomic mass is 9.88. The Kier molecular flexibility index (Phi) is 10.5. The van der Waals surface area contributed by atoms with Crippen LogP contribution in [0.4, 0.5) is 0 Å². The van der Waals surface area contributed by atoms with Crippen LogP contribution in [0.25, 0.3) is 0 Å². The number of ketones is 2. The van der Waals surface area contributed by atoms with Crippen LogP contribution in [0, 0.1) is 0 Å². The number of carbonyl (C=O) groups is 3. The van der Waals surface area contributed by atoms with E-state index in [0.29, 0.717) is 48.7 Å². The number of fused-ring (bicyclic) bond motifs is 1. The molecule has 1 fully saturated rings. The van der Waals surface area contributed by atoms with Gasteiger partial charge in [-0.1, -0.05) is 70.7 Å². The normalized spacial score (nSPS) is 16.4. The van der Waals surface area contributed by atoms with Gasteiger partial charge in [-0.2, -0.15) is 0 Å². The topological polar surface area (TPSA) is 60.9 Å². The summed E-state index contributed by atoms with van der Waals surface area (Å²) in [6, 6.07) is 7.08. The van der Waals surface area contributed by atoms with Crippen molar-refractivity contribution in [2.75, 3.05) is 39.3 Å². The van der Waals surface area contributed by atoms with E-state index in [4.69, 9.17) is 0 Å². The first-order valence-electron chi connectivity index (χ1n) is 13.7. The van der Waals surface area contributed by atoms with Gasteiger partial charge in [-0.15, -0.1) is 0 Å². The molecular formula is C29H43N3O3. The quantitative estimate of drug-likeness (QED) is 0.383. The average molecular weight is 482 g/mol. The highest BCUT2D eigenvalue weighted by Gasteiger charge is 2.39. The summed E-state index contributed by atoms with van der Waals surface area (Å²) in [6.45, 7) is 10.3. The van der Waals surface area contributed by atoms with Crippen LogP contribution in [0.3, 0.4) is 0 Å². The Morgan fingerprint density at radius 1 is 0.771 bits per heavy atom. The molecule has 1 saturated heterocycles. The molecule has 6 nitrogen and oxygen atoms in total. The number of hydrogen-bond acceptors (Lipinski definition) is 5. The van der Waals surface area contributed by atoms with Crippen molar-refractivity contribution >= 4 is 17.5 Å². The Balaban J connectivity index is 2.09. The van der Waals surface area contributed by atoms with Gasteiger partial charge in [0.15, 0.2) is 0 Å². The van der Waals surface area contributed by atoms with E-state index in [1.165, 1.54) is 6.42 Å². The van der Waals surface area contributed by atoms with Crippen LogP contribution in [0.5, 0.6) is 0 Å². The maximum atomic E-state index is 14.0. The Hall–Kier alpha value is -2.47. The number of likely N-dealkylation sites (tertiary alicyclic amines) is 1.